The average molecular weight is 299 g/mol. The summed E-state index contributed by atoms with van der Waals surface area (Å²) in [6.07, 6.45) is 1.09. The van der Waals surface area contributed by atoms with E-state index in [1.807, 2.05) is 13.8 Å². The highest BCUT2D eigenvalue weighted by Gasteiger charge is 2.17. The lowest BCUT2D eigenvalue weighted by Crippen LogP contribution is -2.39. The lowest BCUT2D eigenvalue weighted by molar-refractivity contribution is -0.118. The summed E-state index contributed by atoms with van der Waals surface area (Å²) >= 11 is 0. The number of hydrogen-bond donors (Lipinski definition) is 3. The molecular formula is C13H21N3O3S. The topological polar surface area (TPSA) is 101 Å². The largest absolute Gasteiger partial charge is 0.325 e. The highest BCUT2D eigenvalue weighted by molar-refractivity contribution is 7.92. The van der Waals surface area contributed by atoms with Crippen LogP contribution < -0.4 is 15.8 Å². The van der Waals surface area contributed by atoms with E-state index in [4.69, 9.17) is 5.73 Å². The zero-order chi connectivity index (χ0) is 15.5. The van der Waals surface area contributed by atoms with Crippen molar-refractivity contribution < 1.29 is 13.2 Å². The molecule has 1 aromatic rings. The van der Waals surface area contributed by atoms with Crippen molar-refractivity contribution in [2.45, 2.75) is 26.8 Å². The molecule has 1 atom stereocenters. The van der Waals surface area contributed by atoms with Crippen LogP contribution in [0.1, 0.15) is 19.4 Å². The standard InChI is InChI=1S/C13H21N3O3S/c1-8(2)12(14)13(17)15-10-5-6-11(9(3)7-10)16-20(4,18)19/h5-8,12,16H,14H2,1-4H3,(H,15,17). The van der Waals surface area contributed by atoms with Gasteiger partial charge in [0, 0.05) is 5.69 Å². The molecule has 0 aromatic heterocycles. The summed E-state index contributed by atoms with van der Waals surface area (Å²) in [6, 6.07) is 4.35. The molecule has 112 valence electrons. The summed E-state index contributed by atoms with van der Waals surface area (Å²) in [5.74, 6) is -0.217. The molecule has 7 heteroatoms. The predicted octanol–water partition coefficient (Wildman–Crippen LogP) is 1.29. The van der Waals surface area contributed by atoms with Gasteiger partial charge in [0.1, 0.15) is 0 Å². The second kappa shape index (κ2) is 6.23. The Bertz CT molecular complexity index is 597. The third-order valence-electron chi connectivity index (χ3n) is 2.81. The quantitative estimate of drug-likeness (QED) is 0.762. The van der Waals surface area contributed by atoms with Crippen molar-refractivity contribution >= 4 is 27.3 Å². The number of carbonyl (C=O) groups excluding carboxylic acids is 1. The Morgan fingerprint density at radius 2 is 1.90 bits per heavy atom. The predicted molar refractivity (Wildman–Crippen MR) is 81.1 cm³/mol. The second-order valence-corrected chi connectivity index (χ2v) is 6.91. The second-order valence-electron chi connectivity index (χ2n) is 5.16. The molecule has 1 rings (SSSR count). The first-order valence-corrected chi connectivity index (χ1v) is 8.14. The number of carbonyl (C=O) groups is 1. The van der Waals surface area contributed by atoms with Gasteiger partial charge in [-0.2, -0.15) is 0 Å². The maximum absolute atomic E-state index is 11.8. The van der Waals surface area contributed by atoms with Crippen LogP contribution in [0.3, 0.4) is 0 Å². The van der Waals surface area contributed by atoms with Gasteiger partial charge in [0.15, 0.2) is 0 Å². The van der Waals surface area contributed by atoms with E-state index in [0.717, 1.165) is 6.26 Å². The van der Waals surface area contributed by atoms with E-state index >= 15 is 0 Å². The summed E-state index contributed by atoms with van der Waals surface area (Å²) < 4.78 is 24.8. The van der Waals surface area contributed by atoms with Gasteiger partial charge in [-0.1, -0.05) is 13.8 Å². The molecule has 6 nitrogen and oxygen atoms in total. The Kier molecular flexibility index (Phi) is 5.13. The maximum Gasteiger partial charge on any atom is 0.241 e. The van der Waals surface area contributed by atoms with Crippen molar-refractivity contribution in [1.82, 2.24) is 0 Å². The number of benzene rings is 1. The lowest BCUT2D eigenvalue weighted by atomic mass is 10.0. The molecule has 1 unspecified atom stereocenters. The monoisotopic (exact) mass is 299 g/mol. The van der Waals surface area contributed by atoms with Crippen LogP contribution in [0.4, 0.5) is 11.4 Å². The van der Waals surface area contributed by atoms with Gasteiger partial charge in [-0.3, -0.25) is 9.52 Å². The number of hydrogen-bond acceptors (Lipinski definition) is 4. The summed E-state index contributed by atoms with van der Waals surface area (Å²) in [5.41, 5.74) is 7.54. The van der Waals surface area contributed by atoms with E-state index < -0.39 is 16.1 Å². The molecule has 0 saturated heterocycles. The van der Waals surface area contributed by atoms with Crippen LogP contribution in [-0.2, 0) is 14.8 Å². The van der Waals surface area contributed by atoms with Crippen LogP contribution in [-0.4, -0.2) is 26.6 Å². The molecule has 0 aliphatic carbocycles. The van der Waals surface area contributed by atoms with Gasteiger partial charge in [-0.25, -0.2) is 8.42 Å². The lowest BCUT2D eigenvalue weighted by Gasteiger charge is -2.16. The van der Waals surface area contributed by atoms with Crippen LogP contribution in [0.15, 0.2) is 18.2 Å². The summed E-state index contributed by atoms with van der Waals surface area (Å²) in [6.45, 7) is 5.49. The molecule has 20 heavy (non-hydrogen) atoms. The van der Waals surface area contributed by atoms with E-state index in [0.29, 0.717) is 16.9 Å². The molecule has 0 aliphatic heterocycles. The fourth-order valence-electron chi connectivity index (χ4n) is 1.58. The van der Waals surface area contributed by atoms with Gasteiger partial charge >= 0.3 is 0 Å². The number of sulfonamides is 1. The van der Waals surface area contributed by atoms with Gasteiger partial charge in [0.25, 0.3) is 0 Å². The molecular weight excluding hydrogens is 278 g/mol. The number of nitrogens with one attached hydrogen (secondary N) is 2. The highest BCUT2D eigenvalue weighted by atomic mass is 32.2. The molecule has 0 radical (unpaired) electrons. The third kappa shape index (κ3) is 4.82. The summed E-state index contributed by atoms with van der Waals surface area (Å²) in [7, 11) is -3.32. The molecule has 0 spiro atoms. The van der Waals surface area contributed by atoms with Gasteiger partial charge in [-0.05, 0) is 36.6 Å². The fraction of sp³-hybridized carbons (Fsp3) is 0.462. The number of anilines is 2. The zero-order valence-electron chi connectivity index (χ0n) is 12.1. The Morgan fingerprint density at radius 1 is 1.30 bits per heavy atom. The normalized spacial score (nSPS) is 13.1. The summed E-state index contributed by atoms with van der Waals surface area (Å²) in [5, 5.41) is 2.71. The van der Waals surface area contributed by atoms with Crippen LogP contribution in [0.25, 0.3) is 0 Å². The molecule has 1 amide bonds. The molecule has 0 heterocycles. The number of aryl methyl sites for hydroxylation is 1. The first-order chi connectivity index (χ1) is 9.10. The van der Waals surface area contributed by atoms with E-state index in [9.17, 15) is 13.2 Å². The SMILES string of the molecule is Cc1cc(NC(=O)C(N)C(C)C)ccc1NS(C)(=O)=O. The minimum Gasteiger partial charge on any atom is -0.325 e. The number of amides is 1. The van der Waals surface area contributed by atoms with E-state index in [1.165, 1.54) is 0 Å². The molecule has 0 saturated carbocycles. The van der Waals surface area contributed by atoms with Gasteiger partial charge in [0.05, 0.1) is 18.0 Å². The smallest absolute Gasteiger partial charge is 0.241 e. The zero-order valence-corrected chi connectivity index (χ0v) is 12.9. The molecule has 0 bridgehead atoms. The average Bonchev–Trinajstić information content (AvgIpc) is 2.30. The number of nitrogens with two attached hydrogens (primary N) is 1. The summed E-state index contributed by atoms with van der Waals surface area (Å²) in [4.78, 5) is 11.8. The van der Waals surface area contributed by atoms with Gasteiger partial charge in [0.2, 0.25) is 15.9 Å². The maximum atomic E-state index is 11.8. The Hall–Kier alpha value is -1.60. The van der Waals surface area contributed by atoms with Crippen molar-refractivity contribution in [3.63, 3.8) is 0 Å². The minimum atomic E-state index is -3.32. The van der Waals surface area contributed by atoms with Gasteiger partial charge < -0.3 is 11.1 Å². The van der Waals surface area contributed by atoms with Crippen LogP contribution in [0.2, 0.25) is 0 Å². The Balaban J connectivity index is 2.85. The first-order valence-electron chi connectivity index (χ1n) is 6.25. The van der Waals surface area contributed by atoms with Crippen LogP contribution in [0.5, 0.6) is 0 Å². The van der Waals surface area contributed by atoms with Crippen molar-refractivity contribution in [3.05, 3.63) is 23.8 Å². The first kappa shape index (κ1) is 16.5. The Morgan fingerprint density at radius 3 is 2.35 bits per heavy atom. The van der Waals surface area contributed by atoms with Crippen molar-refractivity contribution in [2.75, 3.05) is 16.3 Å². The van der Waals surface area contributed by atoms with E-state index in [2.05, 4.69) is 10.0 Å². The van der Waals surface area contributed by atoms with Crippen molar-refractivity contribution in [3.8, 4) is 0 Å². The van der Waals surface area contributed by atoms with Crippen LogP contribution in [0, 0.1) is 12.8 Å². The van der Waals surface area contributed by atoms with E-state index in [-0.39, 0.29) is 11.8 Å². The van der Waals surface area contributed by atoms with Crippen molar-refractivity contribution in [1.29, 1.82) is 0 Å². The van der Waals surface area contributed by atoms with Gasteiger partial charge in [-0.15, -0.1) is 0 Å². The molecule has 4 N–H and O–H groups in total. The van der Waals surface area contributed by atoms with Crippen molar-refractivity contribution in [2.24, 2.45) is 11.7 Å². The highest BCUT2D eigenvalue weighted by Crippen LogP contribution is 2.20. The van der Waals surface area contributed by atoms with E-state index in [1.54, 1.807) is 25.1 Å². The molecule has 0 fully saturated rings. The fourth-order valence-corrected chi connectivity index (χ4v) is 2.21. The minimum absolute atomic E-state index is 0.0438. The van der Waals surface area contributed by atoms with Crippen LogP contribution >= 0.6 is 0 Å². The molecule has 1 aromatic carbocycles. The number of rotatable bonds is 5. The molecule has 0 aliphatic rings. The Labute approximate surface area is 119 Å². The third-order valence-corrected chi connectivity index (χ3v) is 3.40.